The Balaban J connectivity index is 2.48. The maximum atomic E-state index is 14.4. The predicted molar refractivity (Wildman–Crippen MR) is 88.9 cm³/mol. The summed E-state index contributed by atoms with van der Waals surface area (Å²) in [6.07, 6.45) is 1.94. The highest BCUT2D eigenvalue weighted by molar-refractivity contribution is 5.97. The summed E-state index contributed by atoms with van der Waals surface area (Å²) in [5.74, 6) is -0.545. The summed E-state index contributed by atoms with van der Waals surface area (Å²) in [4.78, 5) is 15.9. The van der Waals surface area contributed by atoms with Crippen LogP contribution in [0.3, 0.4) is 0 Å². The molecule has 0 spiro atoms. The number of aromatic nitrogens is 1. The monoisotopic (exact) mass is 317 g/mol. The number of carbonyl (C=O) groups is 1. The second-order valence-corrected chi connectivity index (χ2v) is 4.88. The molecule has 6 heteroatoms. The van der Waals surface area contributed by atoms with Crippen LogP contribution in [0.25, 0.3) is 11.3 Å². The van der Waals surface area contributed by atoms with E-state index in [0.29, 0.717) is 42.2 Å². The van der Waals surface area contributed by atoms with E-state index >= 15 is 0 Å². The maximum Gasteiger partial charge on any atom is 0.224 e. The lowest BCUT2D eigenvalue weighted by molar-refractivity contribution is -0.115. The molecule has 1 heterocycles. The van der Waals surface area contributed by atoms with Crippen molar-refractivity contribution in [3.8, 4) is 11.3 Å². The molecule has 0 saturated carbocycles. The Hall–Kier alpha value is -2.47. The van der Waals surface area contributed by atoms with E-state index in [9.17, 15) is 9.18 Å². The first-order valence-corrected chi connectivity index (χ1v) is 7.44. The van der Waals surface area contributed by atoms with Crippen molar-refractivity contribution >= 4 is 17.3 Å². The van der Waals surface area contributed by atoms with E-state index in [1.54, 1.807) is 44.5 Å². The van der Waals surface area contributed by atoms with E-state index in [1.165, 1.54) is 6.07 Å². The van der Waals surface area contributed by atoms with Gasteiger partial charge in [0.05, 0.1) is 29.2 Å². The molecule has 0 fully saturated rings. The Bertz CT molecular complexity index is 662. The molecule has 2 N–H and O–H groups in total. The Morgan fingerprint density at radius 1 is 1.30 bits per heavy atom. The SMILES string of the molecule is CCC(=O)Nc1ccc(F)c(-c2ccccn2)c1NCCOC. The lowest BCUT2D eigenvalue weighted by atomic mass is 10.1. The number of hydrogen-bond donors (Lipinski definition) is 2. The van der Waals surface area contributed by atoms with E-state index in [2.05, 4.69) is 15.6 Å². The molecule has 0 bridgehead atoms. The molecular weight excluding hydrogens is 297 g/mol. The molecular formula is C17H20FN3O2. The van der Waals surface area contributed by atoms with Crippen molar-refractivity contribution in [2.24, 2.45) is 0 Å². The van der Waals surface area contributed by atoms with Gasteiger partial charge in [-0.15, -0.1) is 0 Å². The van der Waals surface area contributed by atoms with Crippen molar-refractivity contribution in [1.29, 1.82) is 0 Å². The quantitative estimate of drug-likeness (QED) is 0.769. The van der Waals surface area contributed by atoms with E-state index < -0.39 is 5.82 Å². The van der Waals surface area contributed by atoms with Crippen molar-refractivity contribution < 1.29 is 13.9 Å². The Kier molecular flexibility index (Phi) is 6.05. The fourth-order valence-electron chi connectivity index (χ4n) is 2.14. The van der Waals surface area contributed by atoms with Crippen LogP contribution >= 0.6 is 0 Å². The van der Waals surface area contributed by atoms with Gasteiger partial charge in [0.1, 0.15) is 5.82 Å². The summed E-state index contributed by atoms with van der Waals surface area (Å²) in [6.45, 7) is 2.70. The average Bonchev–Trinajstić information content (AvgIpc) is 2.58. The van der Waals surface area contributed by atoms with Crippen LogP contribution in [0.5, 0.6) is 0 Å². The number of hydrogen-bond acceptors (Lipinski definition) is 4. The minimum absolute atomic E-state index is 0.140. The molecule has 0 saturated heterocycles. The van der Waals surface area contributed by atoms with Crippen LogP contribution in [-0.4, -0.2) is 31.2 Å². The highest BCUT2D eigenvalue weighted by Crippen LogP contribution is 2.35. The number of nitrogens with one attached hydrogen (secondary N) is 2. The maximum absolute atomic E-state index is 14.4. The number of pyridine rings is 1. The largest absolute Gasteiger partial charge is 0.383 e. The molecule has 0 unspecified atom stereocenters. The molecule has 0 aliphatic rings. The van der Waals surface area contributed by atoms with Crippen molar-refractivity contribution in [3.63, 3.8) is 0 Å². The minimum atomic E-state index is -0.405. The van der Waals surface area contributed by atoms with Gasteiger partial charge >= 0.3 is 0 Å². The summed E-state index contributed by atoms with van der Waals surface area (Å²) >= 11 is 0. The lowest BCUT2D eigenvalue weighted by Gasteiger charge is -2.17. The first-order chi connectivity index (χ1) is 11.2. The lowest BCUT2D eigenvalue weighted by Crippen LogP contribution is -2.15. The highest BCUT2D eigenvalue weighted by atomic mass is 19.1. The molecule has 2 aromatic rings. The number of carbonyl (C=O) groups excluding carboxylic acids is 1. The van der Waals surface area contributed by atoms with Crippen molar-refractivity contribution in [1.82, 2.24) is 4.98 Å². The van der Waals surface area contributed by atoms with Gasteiger partial charge in [-0.05, 0) is 24.3 Å². The summed E-state index contributed by atoms with van der Waals surface area (Å²) in [5.41, 5.74) is 1.85. The number of ether oxygens (including phenoxy) is 1. The van der Waals surface area contributed by atoms with Gasteiger partial charge < -0.3 is 15.4 Å². The zero-order valence-corrected chi connectivity index (χ0v) is 13.2. The molecule has 1 amide bonds. The van der Waals surface area contributed by atoms with E-state index in [0.717, 1.165) is 0 Å². The van der Waals surface area contributed by atoms with Crippen molar-refractivity contribution in [3.05, 3.63) is 42.3 Å². The van der Waals surface area contributed by atoms with E-state index in [-0.39, 0.29) is 5.91 Å². The van der Waals surface area contributed by atoms with Gasteiger partial charge in [0.2, 0.25) is 5.91 Å². The Morgan fingerprint density at radius 2 is 2.13 bits per heavy atom. The summed E-state index contributed by atoms with van der Waals surface area (Å²) in [7, 11) is 1.59. The molecule has 1 aromatic carbocycles. The van der Waals surface area contributed by atoms with Gasteiger partial charge in [-0.1, -0.05) is 13.0 Å². The summed E-state index contributed by atoms with van der Waals surface area (Å²) in [5, 5.41) is 5.92. The molecule has 0 aliphatic heterocycles. The van der Waals surface area contributed by atoms with E-state index in [1.807, 2.05) is 0 Å². The number of anilines is 2. The first kappa shape index (κ1) is 16.9. The fourth-order valence-corrected chi connectivity index (χ4v) is 2.14. The number of rotatable bonds is 7. The number of halogens is 1. The molecule has 122 valence electrons. The number of benzene rings is 1. The Labute approximate surface area is 134 Å². The van der Waals surface area contributed by atoms with E-state index in [4.69, 9.17) is 4.74 Å². The predicted octanol–water partition coefficient (Wildman–Crippen LogP) is 3.29. The van der Waals surface area contributed by atoms with Crippen LogP contribution in [0.4, 0.5) is 15.8 Å². The van der Waals surface area contributed by atoms with Gasteiger partial charge in [0, 0.05) is 26.3 Å². The smallest absolute Gasteiger partial charge is 0.224 e. The molecule has 5 nitrogen and oxygen atoms in total. The first-order valence-electron chi connectivity index (χ1n) is 7.44. The molecule has 1 aromatic heterocycles. The molecule has 2 rings (SSSR count). The van der Waals surface area contributed by atoms with Gasteiger partial charge in [0.15, 0.2) is 0 Å². The third-order valence-corrected chi connectivity index (χ3v) is 3.28. The minimum Gasteiger partial charge on any atom is -0.383 e. The molecule has 0 radical (unpaired) electrons. The zero-order chi connectivity index (χ0) is 16.7. The van der Waals surface area contributed by atoms with Crippen LogP contribution < -0.4 is 10.6 Å². The molecule has 23 heavy (non-hydrogen) atoms. The third kappa shape index (κ3) is 4.26. The van der Waals surface area contributed by atoms with Gasteiger partial charge in [-0.3, -0.25) is 9.78 Å². The van der Waals surface area contributed by atoms with Crippen LogP contribution in [0.1, 0.15) is 13.3 Å². The number of amides is 1. The normalized spacial score (nSPS) is 10.4. The van der Waals surface area contributed by atoms with Crippen LogP contribution in [0.2, 0.25) is 0 Å². The molecule has 0 atom stereocenters. The van der Waals surface area contributed by atoms with Gasteiger partial charge in [-0.2, -0.15) is 0 Å². The third-order valence-electron chi connectivity index (χ3n) is 3.28. The highest BCUT2D eigenvalue weighted by Gasteiger charge is 2.17. The summed E-state index contributed by atoms with van der Waals surface area (Å²) in [6, 6.07) is 8.16. The number of nitrogens with zero attached hydrogens (tertiary/aromatic N) is 1. The topological polar surface area (TPSA) is 63.2 Å². The van der Waals surface area contributed by atoms with Crippen molar-refractivity contribution in [2.75, 3.05) is 30.9 Å². The molecule has 0 aliphatic carbocycles. The summed E-state index contributed by atoms with van der Waals surface area (Å²) < 4.78 is 19.4. The standard InChI is InChI=1S/C17H20FN3O2/c1-3-15(22)21-14-8-7-12(18)16(13-6-4-5-9-19-13)17(14)20-10-11-23-2/h4-9,20H,3,10-11H2,1-2H3,(H,21,22). The van der Waals surface area contributed by atoms with Crippen LogP contribution in [-0.2, 0) is 9.53 Å². The fraction of sp³-hybridized carbons (Fsp3) is 0.294. The second kappa shape index (κ2) is 8.24. The number of methoxy groups -OCH3 is 1. The van der Waals surface area contributed by atoms with Crippen molar-refractivity contribution in [2.45, 2.75) is 13.3 Å². The average molecular weight is 317 g/mol. The van der Waals surface area contributed by atoms with Gasteiger partial charge in [-0.25, -0.2) is 4.39 Å². The van der Waals surface area contributed by atoms with Gasteiger partial charge in [0.25, 0.3) is 0 Å². The Morgan fingerprint density at radius 3 is 2.78 bits per heavy atom. The van der Waals surface area contributed by atoms with Crippen LogP contribution in [0.15, 0.2) is 36.5 Å². The second-order valence-electron chi connectivity index (χ2n) is 4.88. The zero-order valence-electron chi connectivity index (χ0n) is 13.2. The van der Waals surface area contributed by atoms with Crippen LogP contribution in [0, 0.1) is 5.82 Å².